The topological polar surface area (TPSA) is 69.2 Å². The minimum atomic E-state index is -0.806. The van der Waals surface area contributed by atoms with E-state index in [0.29, 0.717) is 11.5 Å². The molecule has 1 aliphatic rings. The summed E-state index contributed by atoms with van der Waals surface area (Å²) in [7, 11) is 0. The van der Waals surface area contributed by atoms with Crippen LogP contribution >= 0.6 is 0 Å². The van der Waals surface area contributed by atoms with Crippen LogP contribution in [0, 0.1) is 21.8 Å². The van der Waals surface area contributed by atoms with Gasteiger partial charge >= 0.3 is 5.69 Å². The van der Waals surface area contributed by atoms with Crippen molar-refractivity contribution in [2.75, 3.05) is 0 Å². The van der Waals surface area contributed by atoms with Gasteiger partial charge in [-0.05, 0) is 30.4 Å². The molecule has 2 N–H and O–H groups in total. The van der Waals surface area contributed by atoms with Crippen LogP contribution in [0.1, 0.15) is 43.7 Å². The lowest BCUT2D eigenvalue weighted by Crippen LogP contribution is -2.23. The molecule has 0 saturated heterocycles. The van der Waals surface area contributed by atoms with Crippen molar-refractivity contribution in [2.24, 2.45) is 11.7 Å². The highest BCUT2D eigenvalue weighted by Gasteiger charge is 2.24. The molecule has 1 aliphatic carbocycles. The van der Waals surface area contributed by atoms with E-state index in [1.165, 1.54) is 12.5 Å². The maximum Gasteiger partial charge on any atom is 0.305 e. The van der Waals surface area contributed by atoms with E-state index in [1.54, 1.807) is 6.07 Å². The number of hydrogen-bond acceptors (Lipinski definition) is 3. The fourth-order valence-electron chi connectivity index (χ4n) is 2.64. The van der Waals surface area contributed by atoms with E-state index in [9.17, 15) is 14.5 Å². The summed E-state index contributed by atoms with van der Waals surface area (Å²) < 4.78 is 13.2. The maximum atomic E-state index is 13.2. The van der Waals surface area contributed by atoms with Crippen LogP contribution in [0.15, 0.2) is 18.2 Å². The fourth-order valence-corrected chi connectivity index (χ4v) is 2.64. The monoisotopic (exact) mass is 252 g/mol. The largest absolute Gasteiger partial charge is 0.324 e. The number of nitro groups is 1. The average molecular weight is 252 g/mol. The summed E-state index contributed by atoms with van der Waals surface area (Å²) in [6.07, 6.45) is 5.63. The first-order valence-electron chi connectivity index (χ1n) is 6.29. The first-order valence-corrected chi connectivity index (χ1v) is 6.29. The summed E-state index contributed by atoms with van der Waals surface area (Å²) in [4.78, 5) is 10.00. The van der Waals surface area contributed by atoms with Crippen LogP contribution in [0.3, 0.4) is 0 Å². The third kappa shape index (κ3) is 2.67. The second-order valence-electron chi connectivity index (χ2n) is 4.89. The number of rotatable bonds is 3. The zero-order valence-electron chi connectivity index (χ0n) is 10.1. The molecular formula is C13H17FN2O2. The van der Waals surface area contributed by atoms with Crippen LogP contribution in [0.5, 0.6) is 0 Å². The fraction of sp³-hybridized carbons (Fsp3) is 0.538. The molecule has 0 heterocycles. The summed E-state index contributed by atoms with van der Waals surface area (Å²) in [5, 5.41) is 10.7. The average Bonchev–Trinajstić information content (AvgIpc) is 2.39. The highest BCUT2D eigenvalue weighted by Crippen LogP contribution is 2.34. The van der Waals surface area contributed by atoms with Gasteiger partial charge in [0.15, 0.2) is 0 Å². The molecule has 1 atom stereocenters. The SMILES string of the molecule is N[C@H](c1ccc(F)c([N+](=O)[O-])c1)C1CCCCC1. The number of nitrogens with two attached hydrogens (primary N) is 1. The molecule has 0 spiro atoms. The van der Waals surface area contributed by atoms with E-state index in [2.05, 4.69) is 0 Å². The van der Waals surface area contributed by atoms with Gasteiger partial charge in [0, 0.05) is 12.1 Å². The second-order valence-corrected chi connectivity index (χ2v) is 4.89. The van der Waals surface area contributed by atoms with Gasteiger partial charge in [-0.25, -0.2) is 0 Å². The molecule has 18 heavy (non-hydrogen) atoms. The minimum Gasteiger partial charge on any atom is -0.324 e. The summed E-state index contributed by atoms with van der Waals surface area (Å²) >= 11 is 0. The van der Waals surface area contributed by atoms with Crippen LogP contribution in [-0.2, 0) is 0 Å². The van der Waals surface area contributed by atoms with Gasteiger partial charge in [0.2, 0.25) is 5.82 Å². The summed E-state index contributed by atoms with van der Waals surface area (Å²) in [5.74, 6) is -0.455. The van der Waals surface area contributed by atoms with E-state index in [4.69, 9.17) is 5.73 Å². The number of nitrogens with zero attached hydrogens (tertiary/aromatic N) is 1. The highest BCUT2D eigenvalue weighted by atomic mass is 19.1. The lowest BCUT2D eigenvalue weighted by molar-refractivity contribution is -0.387. The van der Waals surface area contributed by atoms with Gasteiger partial charge < -0.3 is 5.73 Å². The molecule has 1 aromatic rings. The molecule has 4 nitrogen and oxygen atoms in total. The van der Waals surface area contributed by atoms with Crippen molar-refractivity contribution < 1.29 is 9.31 Å². The maximum absolute atomic E-state index is 13.2. The van der Waals surface area contributed by atoms with Gasteiger partial charge in [-0.15, -0.1) is 0 Å². The predicted octanol–water partition coefficient (Wildman–Crippen LogP) is 3.31. The second kappa shape index (κ2) is 5.44. The van der Waals surface area contributed by atoms with Gasteiger partial charge in [0.05, 0.1) is 4.92 Å². The third-order valence-electron chi connectivity index (χ3n) is 3.71. The molecule has 1 aromatic carbocycles. The summed E-state index contributed by atoms with van der Waals surface area (Å²) in [6, 6.07) is 3.73. The highest BCUT2D eigenvalue weighted by molar-refractivity contribution is 5.37. The smallest absolute Gasteiger partial charge is 0.305 e. The Morgan fingerprint density at radius 2 is 2.00 bits per heavy atom. The molecule has 2 rings (SSSR count). The Kier molecular flexibility index (Phi) is 3.91. The molecular weight excluding hydrogens is 235 g/mol. The van der Waals surface area contributed by atoms with E-state index >= 15 is 0 Å². The molecule has 5 heteroatoms. The molecule has 0 bridgehead atoms. The first kappa shape index (κ1) is 13.0. The lowest BCUT2D eigenvalue weighted by Gasteiger charge is -2.27. The van der Waals surface area contributed by atoms with E-state index in [-0.39, 0.29) is 6.04 Å². The molecule has 0 radical (unpaired) electrons. The van der Waals surface area contributed by atoms with Gasteiger partial charge in [0.25, 0.3) is 0 Å². The van der Waals surface area contributed by atoms with Gasteiger partial charge in [0.1, 0.15) is 0 Å². The Bertz CT molecular complexity index is 445. The van der Waals surface area contributed by atoms with E-state index in [0.717, 1.165) is 31.7 Å². The molecule has 0 aliphatic heterocycles. The first-order chi connectivity index (χ1) is 8.59. The van der Waals surface area contributed by atoms with Crippen molar-refractivity contribution in [1.82, 2.24) is 0 Å². The Morgan fingerprint density at radius 1 is 1.33 bits per heavy atom. The van der Waals surface area contributed by atoms with Crippen LogP contribution in [0.25, 0.3) is 0 Å². The molecule has 1 saturated carbocycles. The number of halogens is 1. The quantitative estimate of drug-likeness (QED) is 0.662. The van der Waals surface area contributed by atoms with Crippen molar-refractivity contribution in [3.05, 3.63) is 39.7 Å². The standard InChI is InChI=1S/C13H17FN2O2/c14-11-7-6-10(8-12(11)16(17)18)13(15)9-4-2-1-3-5-9/h6-9,13H,1-5,15H2/t13-/m0/s1. The lowest BCUT2D eigenvalue weighted by atomic mass is 9.81. The Morgan fingerprint density at radius 3 is 2.61 bits per heavy atom. The van der Waals surface area contributed by atoms with Gasteiger partial charge in [-0.2, -0.15) is 4.39 Å². The zero-order chi connectivity index (χ0) is 13.1. The van der Waals surface area contributed by atoms with Crippen LogP contribution in [-0.4, -0.2) is 4.92 Å². The van der Waals surface area contributed by atoms with Crippen LogP contribution < -0.4 is 5.73 Å². The predicted molar refractivity (Wildman–Crippen MR) is 66.6 cm³/mol. The van der Waals surface area contributed by atoms with E-state index in [1.807, 2.05) is 0 Å². The molecule has 1 fully saturated rings. The Hall–Kier alpha value is -1.49. The van der Waals surface area contributed by atoms with Crippen molar-refractivity contribution in [1.29, 1.82) is 0 Å². The normalized spacial score (nSPS) is 18.6. The molecule has 0 unspecified atom stereocenters. The molecule has 0 aromatic heterocycles. The number of benzene rings is 1. The van der Waals surface area contributed by atoms with Crippen LogP contribution in [0.4, 0.5) is 10.1 Å². The number of nitro benzene ring substituents is 1. The third-order valence-corrected chi connectivity index (χ3v) is 3.71. The zero-order valence-corrected chi connectivity index (χ0v) is 10.1. The van der Waals surface area contributed by atoms with Crippen LogP contribution in [0.2, 0.25) is 0 Å². The summed E-state index contributed by atoms with van der Waals surface area (Å²) in [5.41, 5.74) is 6.32. The number of hydrogen-bond donors (Lipinski definition) is 1. The summed E-state index contributed by atoms with van der Waals surface area (Å²) in [6.45, 7) is 0. The van der Waals surface area contributed by atoms with Crippen molar-refractivity contribution in [2.45, 2.75) is 38.1 Å². The Balaban J connectivity index is 2.21. The van der Waals surface area contributed by atoms with Crippen molar-refractivity contribution in [3.8, 4) is 0 Å². The van der Waals surface area contributed by atoms with Gasteiger partial charge in [-0.1, -0.05) is 25.3 Å². The Labute approximate surface area is 105 Å². The van der Waals surface area contributed by atoms with Crippen molar-refractivity contribution in [3.63, 3.8) is 0 Å². The minimum absolute atomic E-state index is 0.232. The molecule has 0 amide bonds. The van der Waals surface area contributed by atoms with E-state index < -0.39 is 16.4 Å². The van der Waals surface area contributed by atoms with Gasteiger partial charge in [-0.3, -0.25) is 10.1 Å². The van der Waals surface area contributed by atoms with Crippen molar-refractivity contribution >= 4 is 5.69 Å². The molecule has 98 valence electrons.